The van der Waals surface area contributed by atoms with Gasteiger partial charge in [0.15, 0.2) is 23.2 Å². The number of piperidine rings is 1. The Balaban J connectivity index is 1.63. The van der Waals surface area contributed by atoms with Crippen molar-refractivity contribution in [3.8, 4) is 5.75 Å². The molecule has 1 saturated heterocycles. The normalized spacial score (nSPS) is 14.9. The molecule has 8 nitrogen and oxygen atoms in total. The SMILES string of the molecule is CC(C)(C)c1ccccc1C(=O)N1CCC(C(=O)N[C@@H](CC(=O)O)C(=O)COc2c(F)c(F)cc(F)c2F)CC1. The number of hydrogen-bond acceptors (Lipinski definition) is 5. The molecular formula is C28H30F4N2O6. The van der Waals surface area contributed by atoms with Crippen molar-refractivity contribution < 1.29 is 46.6 Å². The summed E-state index contributed by atoms with van der Waals surface area (Å²) < 4.78 is 59.1. The van der Waals surface area contributed by atoms with Crippen molar-refractivity contribution in [3.63, 3.8) is 0 Å². The highest BCUT2D eigenvalue weighted by Gasteiger charge is 2.33. The van der Waals surface area contributed by atoms with Gasteiger partial charge in [0.05, 0.1) is 6.42 Å². The first-order valence-electron chi connectivity index (χ1n) is 12.6. The summed E-state index contributed by atoms with van der Waals surface area (Å²) in [6.07, 6.45) is -0.366. The minimum absolute atomic E-state index is 0.0327. The van der Waals surface area contributed by atoms with Crippen LogP contribution in [0.2, 0.25) is 0 Å². The van der Waals surface area contributed by atoms with E-state index in [-0.39, 0.29) is 43.3 Å². The second-order valence-electron chi connectivity index (χ2n) is 10.6. The smallest absolute Gasteiger partial charge is 0.305 e. The van der Waals surface area contributed by atoms with Gasteiger partial charge in [-0.15, -0.1) is 0 Å². The minimum atomic E-state index is -1.86. The number of halogens is 4. The van der Waals surface area contributed by atoms with Crippen LogP contribution in [0.25, 0.3) is 0 Å². The molecule has 2 aromatic carbocycles. The molecule has 1 aliphatic rings. The van der Waals surface area contributed by atoms with E-state index in [1.807, 2.05) is 32.9 Å². The lowest BCUT2D eigenvalue weighted by Crippen LogP contribution is -2.49. The van der Waals surface area contributed by atoms with Crippen LogP contribution in [-0.4, -0.2) is 59.3 Å². The average Bonchev–Trinajstić information content (AvgIpc) is 2.90. The maximum atomic E-state index is 13.8. The van der Waals surface area contributed by atoms with Gasteiger partial charge >= 0.3 is 5.97 Å². The van der Waals surface area contributed by atoms with E-state index in [0.29, 0.717) is 5.56 Å². The van der Waals surface area contributed by atoms with Crippen LogP contribution in [0.1, 0.15) is 56.0 Å². The molecule has 0 radical (unpaired) electrons. The van der Waals surface area contributed by atoms with Gasteiger partial charge in [-0.1, -0.05) is 39.0 Å². The van der Waals surface area contributed by atoms with E-state index in [0.717, 1.165) is 5.56 Å². The van der Waals surface area contributed by atoms with E-state index in [4.69, 9.17) is 0 Å². The average molecular weight is 567 g/mol. The number of likely N-dealkylation sites (tertiary alicyclic amines) is 1. The molecule has 2 aromatic rings. The van der Waals surface area contributed by atoms with Crippen molar-refractivity contribution in [2.75, 3.05) is 19.7 Å². The largest absolute Gasteiger partial charge is 0.481 e. The van der Waals surface area contributed by atoms with Crippen molar-refractivity contribution >= 4 is 23.6 Å². The Labute approximate surface area is 228 Å². The standard InChI is InChI=1S/C28H30F4N2O6/c1-28(2,3)17-7-5-4-6-16(17)27(39)34-10-8-15(9-11-34)26(38)33-20(13-22(36)37)21(35)14-40-25-23(31)18(29)12-19(30)24(25)32/h4-7,12,15,20H,8-11,13-14H2,1-3H3,(H,33,38)(H,36,37)/t20-/m0/s1. The lowest BCUT2D eigenvalue weighted by Gasteiger charge is -2.33. The number of hydrogen-bond donors (Lipinski definition) is 2. The van der Waals surface area contributed by atoms with Gasteiger partial charge in [-0.2, -0.15) is 8.78 Å². The summed E-state index contributed by atoms with van der Waals surface area (Å²) in [7, 11) is 0. The van der Waals surface area contributed by atoms with Crippen molar-refractivity contribution in [1.29, 1.82) is 0 Å². The number of benzene rings is 2. The Morgan fingerprint density at radius 2 is 1.60 bits per heavy atom. The Morgan fingerprint density at radius 1 is 1.02 bits per heavy atom. The van der Waals surface area contributed by atoms with Crippen LogP contribution in [0.4, 0.5) is 17.6 Å². The van der Waals surface area contributed by atoms with Gasteiger partial charge in [0.1, 0.15) is 12.6 Å². The van der Waals surface area contributed by atoms with E-state index in [2.05, 4.69) is 10.1 Å². The highest BCUT2D eigenvalue weighted by molar-refractivity contribution is 5.96. The number of carboxylic acids is 1. The van der Waals surface area contributed by atoms with Crippen molar-refractivity contribution in [2.45, 2.75) is 51.5 Å². The zero-order valence-electron chi connectivity index (χ0n) is 22.2. The number of amides is 2. The third-order valence-electron chi connectivity index (χ3n) is 6.63. The molecule has 216 valence electrons. The molecule has 0 spiro atoms. The number of ether oxygens (including phenoxy) is 1. The summed E-state index contributed by atoms with van der Waals surface area (Å²) >= 11 is 0. The predicted molar refractivity (Wildman–Crippen MR) is 135 cm³/mol. The molecule has 1 aliphatic heterocycles. The topological polar surface area (TPSA) is 113 Å². The predicted octanol–water partition coefficient (Wildman–Crippen LogP) is 4.00. The molecule has 1 fully saturated rings. The maximum absolute atomic E-state index is 13.8. The first-order chi connectivity index (χ1) is 18.7. The summed E-state index contributed by atoms with van der Waals surface area (Å²) in [5.41, 5.74) is 1.19. The minimum Gasteiger partial charge on any atom is -0.481 e. The lowest BCUT2D eigenvalue weighted by molar-refractivity contribution is -0.141. The van der Waals surface area contributed by atoms with Crippen LogP contribution in [0.5, 0.6) is 5.75 Å². The van der Waals surface area contributed by atoms with E-state index >= 15 is 0 Å². The summed E-state index contributed by atoms with van der Waals surface area (Å²) in [5, 5.41) is 11.5. The summed E-state index contributed by atoms with van der Waals surface area (Å²) in [5.74, 6) is -12.7. The Kier molecular flexibility index (Phi) is 9.54. The number of aliphatic carboxylic acids is 1. The van der Waals surface area contributed by atoms with Crippen LogP contribution in [-0.2, 0) is 19.8 Å². The van der Waals surface area contributed by atoms with Gasteiger partial charge in [-0.05, 0) is 29.9 Å². The number of carbonyl (C=O) groups excluding carboxylic acids is 3. The first-order valence-corrected chi connectivity index (χ1v) is 12.6. The van der Waals surface area contributed by atoms with Gasteiger partial charge in [-0.3, -0.25) is 19.2 Å². The highest BCUT2D eigenvalue weighted by Crippen LogP contribution is 2.29. The van der Waals surface area contributed by atoms with Crippen molar-refractivity contribution in [3.05, 3.63) is 64.7 Å². The Bertz CT molecular complexity index is 1280. The summed E-state index contributed by atoms with van der Waals surface area (Å²) in [6.45, 7) is 5.34. The monoisotopic (exact) mass is 566 g/mol. The summed E-state index contributed by atoms with van der Waals surface area (Å²) in [4.78, 5) is 51.6. The van der Waals surface area contributed by atoms with Gasteiger partial charge < -0.3 is 20.1 Å². The third-order valence-corrected chi connectivity index (χ3v) is 6.63. The van der Waals surface area contributed by atoms with Gasteiger partial charge in [-0.25, -0.2) is 8.78 Å². The number of ketones is 1. The molecule has 0 bridgehead atoms. The molecule has 1 atom stereocenters. The van der Waals surface area contributed by atoms with Crippen LogP contribution in [0, 0.1) is 29.2 Å². The maximum Gasteiger partial charge on any atom is 0.305 e. The van der Waals surface area contributed by atoms with Gasteiger partial charge in [0.2, 0.25) is 17.5 Å². The number of Topliss-reactive ketones (excluding diaryl/α,β-unsaturated/α-hetero) is 1. The third kappa shape index (κ3) is 7.16. The van der Waals surface area contributed by atoms with Crippen LogP contribution >= 0.6 is 0 Å². The van der Waals surface area contributed by atoms with Gasteiger partial charge in [0, 0.05) is 30.6 Å². The molecule has 2 N–H and O–H groups in total. The second kappa shape index (κ2) is 12.5. The number of rotatable bonds is 9. The molecule has 0 aromatic heterocycles. The molecule has 0 unspecified atom stereocenters. The molecule has 12 heteroatoms. The van der Waals surface area contributed by atoms with Crippen molar-refractivity contribution in [2.24, 2.45) is 5.92 Å². The van der Waals surface area contributed by atoms with Crippen LogP contribution < -0.4 is 10.1 Å². The Hall–Kier alpha value is -3.96. The fraction of sp³-hybridized carbons (Fsp3) is 0.429. The molecule has 0 aliphatic carbocycles. The number of nitrogens with one attached hydrogen (secondary N) is 1. The molecule has 1 heterocycles. The number of nitrogens with zero attached hydrogens (tertiary/aromatic N) is 1. The van der Waals surface area contributed by atoms with E-state index in [1.165, 1.54) is 0 Å². The second-order valence-corrected chi connectivity index (χ2v) is 10.6. The quantitative estimate of drug-likeness (QED) is 0.351. The molecular weight excluding hydrogens is 536 g/mol. The van der Waals surface area contributed by atoms with Crippen molar-refractivity contribution in [1.82, 2.24) is 10.2 Å². The van der Waals surface area contributed by atoms with Crippen LogP contribution in [0.3, 0.4) is 0 Å². The fourth-order valence-corrected chi connectivity index (χ4v) is 4.47. The highest BCUT2D eigenvalue weighted by atomic mass is 19.2. The Morgan fingerprint density at radius 3 is 2.15 bits per heavy atom. The van der Waals surface area contributed by atoms with Crippen LogP contribution in [0.15, 0.2) is 30.3 Å². The molecule has 0 saturated carbocycles. The zero-order valence-corrected chi connectivity index (χ0v) is 22.2. The fourth-order valence-electron chi connectivity index (χ4n) is 4.47. The van der Waals surface area contributed by atoms with E-state index in [1.54, 1.807) is 17.0 Å². The summed E-state index contributed by atoms with van der Waals surface area (Å²) in [6, 6.07) is 5.62. The first kappa shape index (κ1) is 30.6. The van der Waals surface area contributed by atoms with E-state index in [9.17, 15) is 41.8 Å². The number of carbonyl (C=O) groups is 4. The van der Waals surface area contributed by atoms with Gasteiger partial charge in [0.25, 0.3) is 5.91 Å². The lowest BCUT2D eigenvalue weighted by atomic mass is 9.83. The zero-order chi connectivity index (χ0) is 29.8. The molecule has 3 rings (SSSR count). The van der Waals surface area contributed by atoms with E-state index < -0.39 is 71.7 Å². The molecule has 2 amide bonds. The number of carboxylic acid groups (broad SMARTS) is 1. The molecule has 40 heavy (non-hydrogen) atoms.